The molecule has 0 amide bonds. The minimum atomic E-state index is 0.537. The van der Waals surface area contributed by atoms with Crippen molar-refractivity contribution in [2.24, 2.45) is 5.92 Å². The first-order chi connectivity index (χ1) is 7.24. The standard InChI is InChI=1S/C10H14ClN3S/c1-7-4-9(11)14-10(13-7)15-6-8-2-3-12-5-8/h4,8,12H,2-3,5-6H2,1H3. The zero-order valence-electron chi connectivity index (χ0n) is 8.66. The van der Waals surface area contributed by atoms with E-state index < -0.39 is 0 Å². The van der Waals surface area contributed by atoms with Crippen LogP contribution in [0.3, 0.4) is 0 Å². The maximum atomic E-state index is 5.87. The first-order valence-corrected chi connectivity index (χ1v) is 6.45. The van der Waals surface area contributed by atoms with Gasteiger partial charge in [0.1, 0.15) is 5.15 Å². The molecule has 1 aliphatic rings. The fraction of sp³-hybridized carbons (Fsp3) is 0.600. The zero-order valence-corrected chi connectivity index (χ0v) is 10.2. The quantitative estimate of drug-likeness (QED) is 0.502. The van der Waals surface area contributed by atoms with Gasteiger partial charge in [0, 0.05) is 11.4 Å². The third-order valence-corrected chi connectivity index (χ3v) is 3.69. The molecule has 1 aromatic rings. The van der Waals surface area contributed by atoms with Crippen molar-refractivity contribution in [3.05, 3.63) is 16.9 Å². The van der Waals surface area contributed by atoms with Crippen LogP contribution in [0.2, 0.25) is 5.15 Å². The minimum Gasteiger partial charge on any atom is -0.316 e. The van der Waals surface area contributed by atoms with Gasteiger partial charge in [-0.3, -0.25) is 0 Å². The van der Waals surface area contributed by atoms with Crippen LogP contribution in [-0.4, -0.2) is 28.8 Å². The fourth-order valence-corrected chi connectivity index (χ4v) is 2.95. The highest BCUT2D eigenvalue weighted by Crippen LogP contribution is 2.21. The molecule has 0 radical (unpaired) electrons. The normalized spacial score (nSPS) is 20.8. The third-order valence-electron chi connectivity index (χ3n) is 2.41. The van der Waals surface area contributed by atoms with Crippen molar-refractivity contribution in [3.63, 3.8) is 0 Å². The van der Waals surface area contributed by atoms with E-state index in [4.69, 9.17) is 11.6 Å². The van der Waals surface area contributed by atoms with Crippen LogP contribution in [0.15, 0.2) is 11.2 Å². The molecule has 82 valence electrons. The molecule has 5 heteroatoms. The predicted molar refractivity (Wildman–Crippen MR) is 63.5 cm³/mol. The highest BCUT2D eigenvalue weighted by atomic mass is 35.5. The second-order valence-corrected chi connectivity index (χ2v) is 5.16. The van der Waals surface area contributed by atoms with E-state index in [0.29, 0.717) is 5.15 Å². The topological polar surface area (TPSA) is 37.8 Å². The molecule has 2 heterocycles. The van der Waals surface area contributed by atoms with Crippen LogP contribution in [0.4, 0.5) is 0 Å². The summed E-state index contributed by atoms with van der Waals surface area (Å²) >= 11 is 7.57. The molecule has 2 rings (SSSR count). The minimum absolute atomic E-state index is 0.537. The van der Waals surface area contributed by atoms with Crippen molar-refractivity contribution in [3.8, 4) is 0 Å². The highest BCUT2D eigenvalue weighted by Gasteiger charge is 2.15. The van der Waals surface area contributed by atoms with Crippen LogP contribution in [0.25, 0.3) is 0 Å². The van der Waals surface area contributed by atoms with Gasteiger partial charge >= 0.3 is 0 Å². The van der Waals surface area contributed by atoms with Crippen LogP contribution in [0.1, 0.15) is 12.1 Å². The van der Waals surface area contributed by atoms with Crippen molar-refractivity contribution in [2.75, 3.05) is 18.8 Å². The Kier molecular flexibility index (Phi) is 3.83. The van der Waals surface area contributed by atoms with Crippen LogP contribution >= 0.6 is 23.4 Å². The molecular formula is C10H14ClN3S. The molecule has 1 saturated heterocycles. The summed E-state index contributed by atoms with van der Waals surface area (Å²) < 4.78 is 0. The Morgan fingerprint density at radius 1 is 1.60 bits per heavy atom. The first-order valence-electron chi connectivity index (χ1n) is 5.09. The molecule has 0 aromatic carbocycles. The second-order valence-electron chi connectivity index (χ2n) is 3.78. The third kappa shape index (κ3) is 3.33. The Balaban J connectivity index is 1.92. The van der Waals surface area contributed by atoms with E-state index >= 15 is 0 Å². The molecule has 0 aliphatic carbocycles. The lowest BCUT2D eigenvalue weighted by Gasteiger charge is -2.06. The summed E-state index contributed by atoms with van der Waals surface area (Å²) in [5, 5.41) is 4.69. The number of nitrogens with one attached hydrogen (secondary N) is 1. The van der Waals surface area contributed by atoms with Crippen LogP contribution in [0.5, 0.6) is 0 Å². The van der Waals surface area contributed by atoms with Gasteiger partial charge in [0.15, 0.2) is 5.16 Å². The molecule has 0 spiro atoms. The lowest BCUT2D eigenvalue weighted by Crippen LogP contribution is -2.10. The Labute approximate surface area is 99.0 Å². The first kappa shape index (κ1) is 11.2. The van der Waals surface area contributed by atoms with Gasteiger partial charge in [-0.15, -0.1) is 0 Å². The summed E-state index contributed by atoms with van der Waals surface area (Å²) in [5.74, 6) is 1.82. The van der Waals surface area contributed by atoms with E-state index in [1.54, 1.807) is 17.8 Å². The molecule has 1 N–H and O–H groups in total. The lowest BCUT2D eigenvalue weighted by molar-refractivity contribution is 0.661. The van der Waals surface area contributed by atoms with Gasteiger partial charge < -0.3 is 5.32 Å². The summed E-state index contributed by atoms with van der Waals surface area (Å²) in [7, 11) is 0. The van der Waals surface area contributed by atoms with Crippen molar-refractivity contribution in [2.45, 2.75) is 18.5 Å². The Morgan fingerprint density at radius 2 is 2.47 bits per heavy atom. The molecule has 1 fully saturated rings. The number of aromatic nitrogens is 2. The summed E-state index contributed by atoms with van der Waals surface area (Å²) in [5.41, 5.74) is 0.932. The molecule has 3 nitrogen and oxygen atoms in total. The molecule has 1 aliphatic heterocycles. The predicted octanol–water partition coefficient (Wildman–Crippen LogP) is 2.14. The highest BCUT2D eigenvalue weighted by molar-refractivity contribution is 7.99. The van der Waals surface area contributed by atoms with Gasteiger partial charge in [-0.2, -0.15) is 0 Å². The Hall–Kier alpha value is -0.320. The molecule has 1 unspecified atom stereocenters. The number of rotatable bonds is 3. The van der Waals surface area contributed by atoms with Crippen LogP contribution in [0, 0.1) is 12.8 Å². The van der Waals surface area contributed by atoms with Crippen molar-refractivity contribution < 1.29 is 0 Å². The smallest absolute Gasteiger partial charge is 0.189 e. The number of thioether (sulfide) groups is 1. The monoisotopic (exact) mass is 243 g/mol. The number of aryl methyl sites for hydroxylation is 1. The maximum absolute atomic E-state index is 5.87. The van der Waals surface area contributed by atoms with Gasteiger partial charge in [0.05, 0.1) is 0 Å². The van der Waals surface area contributed by atoms with Crippen molar-refractivity contribution >= 4 is 23.4 Å². The molecule has 1 atom stereocenters. The van der Waals surface area contributed by atoms with Gasteiger partial charge in [-0.05, 0) is 38.4 Å². The fourth-order valence-electron chi connectivity index (χ4n) is 1.62. The van der Waals surface area contributed by atoms with Crippen LogP contribution < -0.4 is 5.32 Å². The SMILES string of the molecule is Cc1cc(Cl)nc(SCC2CCNC2)n1. The van der Waals surface area contributed by atoms with E-state index in [9.17, 15) is 0 Å². The summed E-state index contributed by atoms with van der Waals surface area (Å²) in [6.07, 6.45) is 1.26. The van der Waals surface area contributed by atoms with Gasteiger partial charge in [0.2, 0.25) is 0 Å². The number of halogens is 1. The van der Waals surface area contributed by atoms with Gasteiger partial charge in [-0.1, -0.05) is 23.4 Å². The van der Waals surface area contributed by atoms with E-state index in [1.807, 2.05) is 6.92 Å². The van der Waals surface area contributed by atoms with E-state index in [0.717, 1.165) is 35.6 Å². The lowest BCUT2D eigenvalue weighted by atomic mass is 10.2. The van der Waals surface area contributed by atoms with E-state index in [-0.39, 0.29) is 0 Å². The van der Waals surface area contributed by atoms with Crippen LogP contribution in [-0.2, 0) is 0 Å². The number of nitrogens with zero attached hydrogens (tertiary/aromatic N) is 2. The second kappa shape index (κ2) is 5.14. The van der Waals surface area contributed by atoms with Crippen molar-refractivity contribution in [1.29, 1.82) is 0 Å². The average molecular weight is 244 g/mol. The molecule has 0 saturated carbocycles. The number of hydrogen-bond acceptors (Lipinski definition) is 4. The summed E-state index contributed by atoms with van der Waals surface area (Å²) in [6, 6.07) is 1.78. The molecule has 15 heavy (non-hydrogen) atoms. The summed E-state index contributed by atoms with van der Waals surface area (Å²) in [6.45, 7) is 4.20. The van der Waals surface area contributed by atoms with Gasteiger partial charge in [0.25, 0.3) is 0 Å². The van der Waals surface area contributed by atoms with E-state index in [1.165, 1.54) is 6.42 Å². The zero-order chi connectivity index (χ0) is 10.7. The molecule has 0 bridgehead atoms. The van der Waals surface area contributed by atoms with Gasteiger partial charge in [-0.25, -0.2) is 9.97 Å². The largest absolute Gasteiger partial charge is 0.316 e. The molecular weight excluding hydrogens is 230 g/mol. The Bertz CT molecular complexity index is 319. The maximum Gasteiger partial charge on any atom is 0.189 e. The van der Waals surface area contributed by atoms with E-state index in [2.05, 4.69) is 15.3 Å². The molecule has 1 aromatic heterocycles. The summed E-state index contributed by atoms with van der Waals surface area (Å²) in [4.78, 5) is 8.53. The number of hydrogen-bond donors (Lipinski definition) is 1. The average Bonchev–Trinajstić information content (AvgIpc) is 2.65. The Morgan fingerprint density at radius 3 is 3.13 bits per heavy atom. The van der Waals surface area contributed by atoms with Crippen molar-refractivity contribution in [1.82, 2.24) is 15.3 Å².